The Hall–Kier alpha value is -2.07. The molecule has 2 bridgehead atoms. The fraction of sp³-hybridized carbons (Fsp3) is 0.400. The average molecular weight is 324 g/mol. The van der Waals surface area contributed by atoms with E-state index >= 15 is 0 Å². The first kappa shape index (κ1) is 14.3. The summed E-state index contributed by atoms with van der Waals surface area (Å²) in [6.45, 7) is 3.54. The molecule has 4 aliphatic rings. The van der Waals surface area contributed by atoms with Gasteiger partial charge in [0.05, 0.1) is 5.69 Å². The van der Waals surface area contributed by atoms with Crippen molar-refractivity contribution in [3.05, 3.63) is 59.9 Å². The summed E-state index contributed by atoms with van der Waals surface area (Å²) in [6, 6.07) is 15.5. The van der Waals surface area contributed by atoms with Gasteiger partial charge >= 0.3 is 0 Å². The van der Waals surface area contributed by atoms with Gasteiger partial charge in [-0.1, -0.05) is 24.3 Å². The van der Waals surface area contributed by atoms with Gasteiger partial charge in [-0.15, -0.1) is 0 Å². The van der Waals surface area contributed by atoms with Crippen LogP contribution in [-0.4, -0.2) is 30.6 Å². The number of rotatable bonds is 2. The lowest BCUT2D eigenvalue weighted by molar-refractivity contribution is 0.0699. The molecule has 0 aromatic heterocycles. The molecule has 4 aliphatic heterocycles. The van der Waals surface area contributed by atoms with Crippen molar-refractivity contribution < 1.29 is 9.13 Å². The quantitative estimate of drug-likeness (QED) is 0.835. The molecule has 124 valence electrons. The highest BCUT2D eigenvalue weighted by atomic mass is 19.1. The van der Waals surface area contributed by atoms with Crippen molar-refractivity contribution in [2.75, 3.05) is 24.5 Å². The number of benzene rings is 2. The van der Waals surface area contributed by atoms with E-state index < -0.39 is 0 Å². The van der Waals surface area contributed by atoms with E-state index in [0.29, 0.717) is 12.0 Å². The lowest BCUT2D eigenvalue weighted by Crippen LogP contribution is -2.57. The van der Waals surface area contributed by atoms with Crippen LogP contribution in [0.4, 0.5) is 10.1 Å². The second-order valence-electron chi connectivity index (χ2n) is 7.10. The number of anilines is 1. The zero-order valence-electron chi connectivity index (χ0n) is 13.6. The van der Waals surface area contributed by atoms with Crippen molar-refractivity contribution in [1.29, 1.82) is 0 Å². The number of nitrogens with zero attached hydrogens (tertiary/aromatic N) is 2. The molecule has 3 saturated heterocycles. The Morgan fingerprint density at radius 2 is 1.71 bits per heavy atom. The number of ether oxygens (including phenoxy) is 1. The van der Waals surface area contributed by atoms with Crippen LogP contribution < -0.4 is 9.64 Å². The Balaban J connectivity index is 1.56. The summed E-state index contributed by atoms with van der Waals surface area (Å²) in [5, 5.41) is 0. The zero-order valence-corrected chi connectivity index (χ0v) is 13.6. The Bertz CT molecular complexity index is 740. The minimum Gasteiger partial charge on any atom is -0.464 e. The largest absolute Gasteiger partial charge is 0.464 e. The number of para-hydroxylation sites is 2. The fourth-order valence-electron chi connectivity index (χ4n) is 4.53. The normalized spacial score (nSPS) is 31.0. The summed E-state index contributed by atoms with van der Waals surface area (Å²) in [7, 11) is 0. The van der Waals surface area contributed by atoms with Crippen LogP contribution in [0.25, 0.3) is 0 Å². The predicted molar refractivity (Wildman–Crippen MR) is 91.6 cm³/mol. The summed E-state index contributed by atoms with van der Waals surface area (Å²) >= 11 is 0. The molecule has 6 rings (SSSR count). The van der Waals surface area contributed by atoms with Gasteiger partial charge in [0.25, 0.3) is 0 Å². The molecular formula is C20H21FN2O. The van der Waals surface area contributed by atoms with Crippen LogP contribution in [-0.2, 0) is 0 Å². The molecule has 24 heavy (non-hydrogen) atoms. The molecular weight excluding hydrogens is 303 g/mol. The molecule has 4 heteroatoms. The molecule has 3 nitrogen and oxygen atoms in total. The number of piperidine rings is 3. The Labute approximate surface area is 141 Å². The van der Waals surface area contributed by atoms with Gasteiger partial charge in [0.2, 0.25) is 0 Å². The van der Waals surface area contributed by atoms with Crippen molar-refractivity contribution >= 4 is 5.69 Å². The third-order valence-corrected chi connectivity index (χ3v) is 5.77. The number of hydrogen-bond acceptors (Lipinski definition) is 3. The van der Waals surface area contributed by atoms with Gasteiger partial charge in [0.1, 0.15) is 11.6 Å². The number of fused-ring (bicyclic) bond motifs is 4. The lowest BCUT2D eigenvalue weighted by atomic mass is 9.82. The highest BCUT2D eigenvalue weighted by molar-refractivity contribution is 5.64. The highest BCUT2D eigenvalue weighted by Gasteiger charge is 2.44. The van der Waals surface area contributed by atoms with Crippen LogP contribution in [0, 0.1) is 11.7 Å². The van der Waals surface area contributed by atoms with E-state index in [2.05, 4.69) is 21.9 Å². The van der Waals surface area contributed by atoms with Gasteiger partial charge in [-0.05, 0) is 56.1 Å². The van der Waals surface area contributed by atoms with E-state index in [1.54, 1.807) is 0 Å². The minimum absolute atomic E-state index is 0.159. The minimum atomic E-state index is -0.205. The molecule has 0 radical (unpaired) electrons. The van der Waals surface area contributed by atoms with Crippen LogP contribution in [0.1, 0.15) is 24.6 Å². The molecule has 0 aliphatic carbocycles. The SMILES string of the molecule is Fc1ccc(C2Oc3ccccc3N2C2CN3CCC2CC3)cc1. The van der Waals surface area contributed by atoms with E-state index in [-0.39, 0.29) is 12.0 Å². The summed E-state index contributed by atoms with van der Waals surface area (Å²) < 4.78 is 19.6. The summed E-state index contributed by atoms with van der Waals surface area (Å²) in [5.41, 5.74) is 2.19. The van der Waals surface area contributed by atoms with E-state index in [9.17, 15) is 4.39 Å². The molecule has 2 unspecified atom stereocenters. The topological polar surface area (TPSA) is 15.7 Å². The molecule has 2 atom stereocenters. The number of halogens is 1. The second kappa shape index (κ2) is 5.49. The maximum Gasteiger partial charge on any atom is 0.199 e. The molecule has 3 fully saturated rings. The van der Waals surface area contributed by atoms with Crippen LogP contribution in [0.3, 0.4) is 0 Å². The van der Waals surface area contributed by atoms with E-state index in [0.717, 1.165) is 17.9 Å². The molecule has 0 spiro atoms. The number of hydrogen-bond donors (Lipinski definition) is 0. The lowest BCUT2D eigenvalue weighted by Gasteiger charge is -2.49. The maximum absolute atomic E-state index is 13.3. The molecule has 4 heterocycles. The molecule has 0 saturated carbocycles. The smallest absolute Gasteiger partial charge is 0.199 e. The van der Waals surface area contributed by atoms with Crippen LogP contribution in [0.5, 0.6) is 5.75 Å². The van der Waals surface area contributed by atoms with Crippen molar-refractivity contribution in [2.24, 2.45) is 5.92 Å². The average Bonchev–Trinajstić information content (AvgIpc) is 3.02. The predicted octanol–water partition coefficient (Wildman–Crippen LogP) is 3.82. The fourth-order valence-corrected chi connectivity index (χ4v) is 4.53. The zero-order chi connectivity index (χ0) is 16.1. The molecule has 2 aromatic carbocycles. The highest BCUT2D eigenvalue weighted by Crippen LogP contribution is 2.47. The molecule has 0 N–H and O–H groups in total. The maximum atomic E-state index is 13.3. The monoisotopic (exact) mass is 324 g/mol. The standard InChI is InChI=1S/C20H21FN2O/c21-16-7-5-15(6-8-16)20-23(17-3-1-2-4-19(17)24-20)18-13-22-11-9-14(18)10-12-22/h1-8,14,18,20H,9-13H2. The van der Waals surface area contributed by atoms with E-state index in [1.165, 1.54) is 43.8 Å². The summed E-state index contributed by atoms with van der Waals surface area (Å²) in [5.74, 6) is 1.44. The van der Waals surface area contributed by atoms with Gasteiger partial charge in [0, 0.05) is 18.2 Å². The molecule has 0 amide bonds. The first-order valence-electron chi connectivity index (χ1n) is 8.81. The van der Waals surface area contributed by atoms with Crippen LogP contribution in [0.2, 0.25) is 0 Å². The first-order valence-corrected chi connectivity index (χ1v) is 8.81. The Morgan fingerprint density at radius 3 is 2.42 bits per heavy atom. The van der Waals surface area contributed by atoms with Crippen molar-refractivity contribution in [2.45, 2.75) is 25.1 Å². The van der Waals surface area contributed by atoms with Gasteiger partial charge in [-0.25, -0.2) is 4.39 Å². The van der Waals surface area contributed by atoms with Gasteiger partial charge in [0.15, 0.2) is 6.23 Å². The van der Waals surface area contributed by atoms with Crippen molar-refractivity contribution in [1.82, 2.24) is 4.90 Å². The van der Waals surface area contributed by atoms with E-state index in [1.807, 2.05) is 24.3 Å². The van der Waals surface area contributed by atoms with Gasteiger partial charge in [-0.2, -0.15) is 0 Å². The summed E-state index contributed by atoms with van der Waals surface area (Å²) in [4.78, 5) is 5.01. The first-order chi connectivity index (χ1) is 11.8. The third-order valence-electron chi connectivity index (χ3n) is 5.77. The Kier molecular flexibility index (Phi) is 3.27. The van der Waals surface area contributed by atoms with Crippen LogP contribution in [0.15, 0.2) is 48.5 Å². The second-order valence-corrected chi connectivity index (χ2v) is 7.10. The summed E-state index contributed by atoms with van der Waals surface area (Å²) in [6.07, 6.45) is 2.37. The van der Waals surface area contributed by atoms with Gasteiger partial charge < -0.3 is 14.5 Å². The third kappa shape index (κ3) is 2.20. The molecule has 2 aromatic rings. The Morgan fingerprint density at radius 1 is 0.958 bits per heavy atom. The van der Waals surface area contributed by atoms with Crippen molar-refractivity contribution in [3.63, 3.8) is 0 Å². The van der Waals surface area contributed by atoms with Crippen LogP contribution >= 0.6 is 0 Å². The van der Waals surface area contributed by atoms with E-state index in [4.69, 9.17) is 4.74 Å². The van der Waals surface area contributed by atoms with Gasteiger partial charge in [-0.3, -0.25) is 0 Å². The van der Waals surface area contributed by atoms with Crippen molar-refractivity contribution in [3.8, 4) is 5.75 Å².